The van der Waals surface area contributed by atoms with Crippen LogP contribution in [-0.4, -0.2) is 23.8 Å². The summed E-state index contributed by atoms with van der Waals surface area (Å²) >= 11 is 0. The Morgan fingerprint density at radius 1 is 0.750 bits per heavy atom. The predicted molar refractivity (Wildman–Crippen MR) is 120 cm³/mol. The van der Waals surface area contributed by atoms with Gasteiger partial charge in [-0.1, -0.05) is 79.8 Å². The van der Waals surface area contributed by atoms with Crippen LogP contribution in [0.4, 0.5) is 0 Å². The normalized spacial score (nSPS) is 14.0. The lowest BCUT2D eigenvalue weighted by atomic mass is 10.2. The van der Waals surface area contributed by atoms with E-state index in [1.54, 1.807) is 6.92 Å². The lowest BCUT2D eigenvalue weighted by Gasteiger charge is -2.08. The minimum absolute atomic E-state index is 0.133. The third-order valence-electron chi connectivity index (χ3n) is 3.70. The summed E-state index contributed by atoms with van der Waals surface area (Å²) in [6, 6.07) is 0. The van der Waals surface area contributed by atoms with Gasteiger partial charge in [-0.3, -0.25) is 4.79 Å². The second-order valence-corrected chi connectivity index (χ2v) is 6.44. The molecule has 28 heavy (non-hydrogen) atoms. The maximum atomic E-state index is 11.4. The van der Waals surface area contributed by atoms with Crippen LogP contribution in [0.1, 0.15) is 65.2 Å². The maximum absolute atomic E-state index is 11.4. The number of aliphatic hydroxyl groups is 1. The van der Waals surface area contributed by atoms with Crippen molar-refractivity contribution >= 4 is 5.97 Å². The van der Waals surface area contributed by atoms with Gasteiger partial charge in [-0.05, 0) is 51.9 Å². The van der Waals surface area contributed by atoms with E-state index in [1.165, 1.54) is 0 Å². The lowest BCUT2D eigenvalue weighted by Crippen LogP contribution is -2.17. The van der Waals surface area contributed by atoms with Crippen LogP contribution >= 0.6 is 0 Å². The van der Waals surface area contributed by atoms with Crippen LogP contribution in [0.5, 0.6) is 0 Å². The first kappa shape index (κ1) is 25.9. The summed E-state index contributed by atoms with van der Waals surface area (Å²) in [6.07, 6.45) is 32.4. The molecule has 0 saturated carbocycles. The Morgan fingerprint density at radius 2 is 1.14 bits per heavy atom. The molecule has 0 rings (SSSR count). The van der Waals surface area contributed by atoms with Crippen molar-refractivity contribution in [1.82, 2.24) is 0 Å². The Morgan fingerprint density at radius 3 is 1.54 bits per heavy atom. The summed E-state index contributed by atoms with van der Waals surface area (Å²) < 4.78 is 4.98. The van der Waals surface area contributed by atoms with Gasteiger partial charge in [0.2, 0.25) is 0 Å². The quantitative estimate of drug-likeness (QED) is 0.247. The zero-order valence-electron chi connectivity index (χ0n) is 17.6. The number of carbonyl (C=O) groups is 1. The summed E-state index contributed by atoms with van der Waals surface area (Å²) in [5.74, 6) is -0.263. The van der Waals surface area contributed by atoms with Crippen LogP contribution in [0.2, 0.25) is 0 Å². The number of hydrogen-bond donors (Lipinski definition) is 1. The molecule has 3 nitrogen and oxygen atoms in total. The third kappa shape index (κ3) is 20.2. The van der Waals surface area contributed by atoms with E-state index in [9.17, 15) is 4.79 Å². The number of carbonyl (C=O) groups excluding carboxylic acids is 1. The molecule has 0 aromatic heterocycles. The van der Waals surface area contributed by atoms with E-state index in [0.29, 0.717) is 12.8 Å². The number of allylic oxidation sites excluding steroid dienone is 12. The molecule has 0 aliphatic carbocycles. The average molecular weight is 387 g/mol. The SMILES string of the molecule is CC/C=C\C/C=C\C/C=C\C/C=C\C/C=C\C/C=C\CCC(=O)OC(C)CO. The molecule has 1 atom stereocenters. The van der Waals surface area contributed by atoms with Crippen LogP contribution in [0, 0.1) is 0 Å². The fourth-order valence-corrected chi connectivity index (χ4v) is 2.16. The van der Waals surface area contributed by atoms with Crippen molar-refractivity contribution in [3.05, 3.63) is 72.9 Å². The van der Waals surface area contributed by atoms with E-state index in [4.69, 9.17) is 9.84 Å². The number of ether oxygens (including phenoxy) is 1. The minimum atomic E-state index is -0.419. The standard InChI is InChI=1S/C25H38O3/c1-3-4-5-6-7-8-9-10-11-12-13-14-15-16-17-18-19-20-21-22-25(27)28-24(2)23-26/h4-5,7-8,10-11,13-14,16-17,19-20,24,26H,3,6,9,12,15,18,21-23H2,1-2H3/b5-4-,8-7-,11-10-,14-13-,17-16-,20-19-. The van der Waals surface area contributed by atoms with Crippen LogP contribution in [0.3, 0.4) is 0 Å². The lowest BCUT2D eigenvalue weighted by molar-refractivity contribution is -0.149. The van der Waals surface area contributed by atoms with Crippen LogP contribution in [0.25, 0.3) is 0 Å². The second-order valence-electron chi connectivity index (χ2n) is 6.44. The van der Waals surface area contributed by atoms with Gasteiger partial charge in [-0.25, -0.2) is 0 Å². The van der Waals surface area contributed by atoms with Gasteiger partial charge < -0.3 is 9.84 Å². The van der Waals surface area contributed by atoms with E-state index < -0.39 is 6.10 Å². The summed E-state index contributed by atoms with van der Waals surface area (Å²) in [4.78, 5) is 11.4. The van der Waals surface area contributed by atoms with E-state index in [0.717, 1.165) is 38.5 Å². The molecule has 0 aromatic carbocycles. The van der Waals surface area contributed by atoms with Crippen molar-refractivity contribution in [2.75, 3.05) is 6.61 Å². The van der Waals surface area contributed by atoms with Gasteiger partial charge in [0.25, 0.3) is 0 Å². The Balaban J connectivity index is 3.59. The van der Waals surface area contributed by atoms with E-state index in [1.807, 2.05) is 6.08 Å². The summed E-state index contributed by atoms with van der Waals surface area (Å²) in [5, 5.41) is 8.81. The summed E-state index contributed by atoms with van der Waals surface area (Å²) in [5.41, 5.74) is 0. The van der Waals surface area contributed by atoms with Crippen molar-refractivity contribution < 1.29 is 14.6 Å². The monoisotopic (exact) mass is 386 g/mol. The fraction of sp³-hybridized carbons (Fsp3) is 0.480. The zero-order valence-corrected chi connectivity index (χ0v) is 17.6. The molecule has 1 N–H and O–H groups in total. The van der Waals surface area contributed by atoms with Gasteiger partial charge in [-0.2, -0.15) is 0 Å². The number of rotatable bonds is 16. The smallest absolute Gasteiger partial charge is 0.306 e. The topological polar surface area (TPSA) is 46.5 Å². The predicted octanol–water partition coefficient (Wildman–Crippen LogP) is 6.39. The molecule has 0 radical (unpaired) electrons. The molecule has 0 saturated heterocycles. The van der Waals surface area contributed by atoms with Crippen LogP contribution < -0.4 is 0 Å². The number of hydrogen-bond acceptors (Lipinski definition) is 3. The van der Waals surface area contributed by atoms with E-state index >= 15 is 0 Å². The van der Waals surface area contributed by atoms with E-state index in [2.05, 4.69) is 73.8 Å². The molecule has 0 bridgehead atoms. The molecule has 0 spiro atoms. The first-order valence-electron chi connectivity index (χ1n) is 10.4. The third-order valence-corrected chi connectivity index (χ3v) is 3.70. The van der Waals surface area contributed by atoms with Gasteiger partial charge in [-0.15, -0.1) is 0 Å². The Bertz CT molecular complexity index is 536. The molecule has 0 amide bonds. The molecular weight excluding hydrogens is 348 g/mol. The van der Waals surface area contributed by atoms with Crippen molar-refractivity contribution in [2.24, 2.45) is 0 Å². The maximum Gasteiger partial charge on any atom is 0.306 e. The van der Waals surface area contributed by atoms with Crippen molar-refractivity contribution in [3.63, 3.8) is 0 Å². The minimum Gasteiger partial charge on any atom is -0.460 e. The second kappa shape index (κ2) is 21.2. The molecule has 156 valence electrons. The first-order valence-corrected chi connectivity index (χ1v) is 10.4. The molecule has 0 aliphatic heterocycles. The average Bonchev–Trinajstić information content (AvgIpc) is 2.69. The molecule has 1 unspecified atom stereocenters. The van der Waals surface area contributed by atoms with Gasteiger partial charge in [0, 0.05) is 6.42 Å². The zero-order chi connectivity index (χ0) is 20.7. The molecular formula is C25H38O3. The Labute approximate surface area is 171 Å². The Kier molecular flexibility index (Phi) is 19.6. The fourth-order valence-electron chi connectivity index (χ4n) is 2.16. The van der Waals surface area contributed by atoms with Crippen molar-refractivity contribution in [2.45, 2.75) is 71.3 Å². The molecule has 0 fully saturated rings. The van der Waals surface area contributed by atoms with Crippen molar-refractivity contribution in [1.29, 1.82) is 0 Å². The van der Waals surface area contributed by atoms with Crippen LogP contribution in [-0.2, 0) is 9.53 Å². The highest BCUT2D eigenvalue weighted by molar-refractivity contribution is 5.69. The highest BCUT2D eigenvalue weighted by atomic mass is 16.5. The highest BCUT2D eigenvalue weighted by Crippen LogP contribution is 2.00. The summed E-state index contributed by atoms with van der Waals surface area (Å²) in [6.45, 7) is 3.69. The van der Waals surface area contributed by atoms with Gasteiger partial charge in [0.1, 0.15) is 6.10 Å². The van der Waals surface area contributed by atoms with E-state index in [-0.39, 0.29) is 12.6 Å². The van der Waals surface area contributed by atoms with Crippen molar-refractivity contribution in [3.8, 4) is 0 Å². The molecule has 3 heteroatoms. The molecule has 0 heterocycles. The number of esters is 1. The van der Waals surface area contributed by atoms with Gasteiger partial charge in [0.05, 0.1) is 6.61 Å². The highest BCUT2D eigenvalue weighted by Gasteiger charge is 2.06. The summed E-state index contributed by atoms with van der Waals surface area (Å²) in [7, 11) is 0. The molecule has 0 aromatic rings. The van der Waals surface area contributed by atoms with Gasteiger partial charge in [0.15, 0.2) is 0 Å². The largest absolute Gasteiger partial charge is 0.460 e. The number of aliphatic hydroxyl groups excluding tert-OH is 1. The van der Waals surface area contributed by atoms with Crippen LogP contribution in [0.15, 0.2) is 72.9 Å². The first-order chi connectivity index (χ1) is 13.7. The van der Waals surface area contributed by atoms with Gasteiger partial charge >= 0.3 is 5.97 Å². The molecule has 0 aliphatic rings. The Hall–Kier alpha value is -2.13.